The van der Waals surface area contributed by atoms with Gasteiger partial charge >= 0.3 is 6.03 Å². The Morgan fingerprint density at radius 2 is 2.10 bits per heavy atom. The third kappa shape index (κ3) is 4.58. The molecule has 0 bridgehead atoms. The van der Waals surface area contributed by atoms with E-state index in [1.54, 1.807) is 0 Å². The van der Waals surface area contributed by atoms with Crippen LogP contribution < -0.4 is 10.6 Å². The van der Waals surface area contributed by atoms with Gasteiger partial charge in [0, 0.05) is 38.3 Å². The number of amides is 2. The van der Waals surface area contributed by atoms with Crippen LogP contribution in [0.4, 0.5) is 4.79 Å². The van der Waals surface area contributed by atoms with E-state index in [-0.39, 0.29) is 12.1 Å². The molecule has 21 heavy (non-hydrogen) atoms. The van der Waals surface area contributed by atoms with Crippen LogP contribution in [0.1, 0.15) is 44.9 Å². The smallest absolute Gasteiger partial charge is 0.315 e. The molecule has 1 saturated heterocycles. The summed E-state index contributed by atoms with van der Waals surface area (Å²) in [4.78, 5) is 11.9. The largest absolute Gasteiger partial charge is 0.381 e. The molecule has 2 N–H and O–H groups in total. The molecule has 2 aliphatic carbocycles. The molecule has 2 saturated carbocycles. The summed E-state index contributed by atoms with van der Waals surface area (Å²) in [5.41, 5.74) is 0. The molecule has 3 rings (SSSR count). The van der Waals surface area contributed by atoms with Crippen molar-refractivity contribution >= 4 is 6.03 Å². The lowest BCUT2D eigenvalue weighted by molar-refractivity contribution is 0.0549. The summed E-state index contributed by atoms with van der Waals surface area (Å²) in [6.45, 7) is 3.19. The van der Waals surface area contributed by atoms with Crippen molar-refractivity contribution in [3.63, 3.8) is 0 Å². The summed E-state index contributed by atoms with van der Waals surface area (Å²) in [6.07, 6.45) is 8.40. The maximum absolute atomic E-state index is 11.9. The second-order valence-electron chi connectivity index (χ2n) is 6.67. The Balaban J connectivity index is 1.26. The number of hydrogen-bond acceptors (Lipinski definition) is 3. The van der Waals surface area contributed by atoms with Crippen molar-refractivity contribution in [2.75, 3.05) is 26.4 Å². The van der Waals surface area contributed by atoms with Crippen molar-refractivity contribution in [2.45, 2.75) is 57.1 Å². The number of ether oxygens (including phenoxy) is 2. The molecule has 3 aliphatic rings. The molecule has 0 aromatic carbocycles. The van der Waals surface area contributed by atoms with E-state index in [0.29, 0.717) is 18.6 Å². The lowest BCUT2D eigenvalue weighted by Gasteiger charge is -2.33. The van der Waals surface area contributed by atoms with Gasteiger partial charge in [0.25, 0.3) is 0 Å². The van der Waals surface area contributed by atoms with Gasteiger partial charge in [0.1, 0.15) is 0 Å². The van der Waals surface area contributed by atoms with Crippen LogP contribution in [0.2, 0.25) is 0 Å². The average molecular weight is 296 g/mol. The Bertz CT molecular complexity index is 346. The first-order chi connectivity index (χ1) is 10.3. The SMILES string of the molecule is O=C(NCCCOCC1CC1)N[C@@H]1CCC[C@@H]2OCC[C@H]21. The first kappa shape index (κ1) is 15.1. The molecule has 5 nitrogen and oxygen atoms in total. The molecule has 0 unspecified atom stereocenters. The summed E-state index contributed by atoms with van der Waals surface area (Å²) >= 11 is 0. The molecule has 120 valence electrons. The van der Waals surface area contributed by atoms with E-state index in [0.717, 1.165) is 57.8 Å². The first-order valence-corrected chi connectivity index (χ1v) is 8.56. The van der Waals surface area contributed by atoms with E-state index in [1.165, 1.54) is 12.8 Å². The number of urea groups is 1. The second-order valence-corrected chi connectivity index (χ2v) is 6.67. The van der Waals surface area contributed by atoms with Gasteiger partial charge in [0.2, 0.25) is 0 Å². The van der Waals surface area contributed by atoms with Crippen molar-refractivity contribution in [1.29, 1.82) is 0 Å². The molecule has 5 heteroatoms. The van der Waals surface area contributed by atoms with Gasteiger partial charge in [-0.2, -0.15) is 0 Å². The van der Waals surface area contributed by atoms with Gasteiger partial charge in [-0.05, 0) is 50.9 Å². The molecule has 3 atom stereocenters. The van der Waals surface area contributed by atoms with Crippen LogP contribution in [0.15, 0.2) is 0 Å². The molecule has 0 aromatic rings. The van der Waals surface area contributed by atoms with Crippen LogP contribution in [0.5, 0.6) is 0 Å². The number of fused-ring (bicyclic) bond motifs is 1. The number of carbonyl (C=O) groups excluding carboxylic acids is 1. The monoisotopic (exact) mass is 296 g/mol. The van der Waals surface area contributed by atoms with Crippen LogP contribution in [-0.2, 0) is 9.47 Å². The van der Waals surface area contributed by atoms with Crippen molar-refractivity contribution in [2.24, 2.45) is 11.8 Å². The average Bonchev–Trinajstić information content (AvgIpc) is 3.17. The standard InChI is InChI=1S/C16H28N2O3/c19-16(17-8-2-9-20-11-12-5-6-12)18-14-3-1-4-15-13(14)7-10-21-15/h12-15H,1-11H2,(H2,17,18,19)/t13-,14+,15-/m0/s1. The third-order valence-corrected chi connectivity index (χ3v) is 4.90. The summed E-state index contributed by atoms with van der Waals surface area (Å²) in [5, 5.41) is 6.08. The van der Waals surface area contributed by atoms with E-state index >= 15 is 0 Å². The van der Waals surface area contributed by atoms with E-state index < -0.39 is 0 Å². The Labute approximate surface area is 127 Å². The lowest BCUT2D eigenvalue weighted by atomic mass is 9.82. The highest BCUT2D eigenvalue weighted by atomic mass is 16.5. The van der Waals surface area contributed by atoms with Crippen molar-refractivity contribution in [1.82, 2.24) is 10.6 Å². The lowest BCUT2D eigenvalue weighted by Crippen LogP contribution is -2.49. The fourth-order valence-corrected chi connectivity index (χ4v) is 3.49. The topological polar surface area (TPSA) is 59.6 Å². The molecule has 0 spiro atoms. The number of hydrogen-bond donors (Lipinski definition) is 2. The Kier molecular flexibility index (Phi) is 5.36. The fourth-order valence-electron chi connectivity index (χ4n) is 3.49. The maximum atomic E-state index is 11.9. The van der Waals surface area contributed by atoms with Crippen LogP contribution in [-0.4, -0.2) is 44.5 Å². The van der Waals surface area contributed by atoms with Crippen LogP contribution in [0.25, 0.3) is 0 Å². The van der Waals surface area contributed by atoms with Gasteiger partial charge in [0.15, 0.2) is 0 Å². The fraction of sp³-hybridized carbons (Fsp3) is 0.938. The summed E-state index contributed by atoms with van der Waals surface area (Å²) in [6, 6.07) is 0.257. The molecule has 3 fully saturated rings. The molecular weight excluding hydrogens is 268 g/mol. The molecule has 0 radical (unpaired) electrons. The van der Waals surface area contributed by atoms with Crippen molar-refractivity contribution in [3.05, 3.63) is 0 Å². The predicted molar refractivity (Wildman–Crippen MR) is 80.2 cm³/mol. The van der Waals surface area contributed by atoms with E-state index in [2.05, 4.69) is 10.6 Å². The van der Waals surface area contributed by atoms with Crippen molar-refractivity contribution in [3.8, 4) is 0 Å². The molecule has 1 aliphatic heterocycles. The molecule has 0 aromatic heterocycles. The second kappa shape index (κ2) is 7.45. The highest BCUT2D eigenvalue weighted by molar-refractivity contribution is 5.74. The Morgan fingerprint density at radius 3 is 2.95 bits per heavy atom. The normalized spacial score (nSPS) is 31.7. The summed E-state index contributed by atoms with van der Waals surface area (Å²) in [7, 11) is 0. The molecule has 2 amide bonds. The summed E-state index contributed by atoms with van der Waals surface area (Å²) in [5.74, 6) is 1.33. The number of nitrogens with one attached hydrogen (secondary N) is 2. The van der Waals surface area contributed by atoms with Crippen molar-refractivity contribution < 1.29 is 14.3 Å². The molecule has 1 heterocycles. The van der Waals surface area contributed by atoms with E-state index in [4.69, 9.17) is 9.47 Å². The summed E-state index contributed by atoms with van der Waals surface area (Å²) < 4.78 is 11.3. The van der Waals surface area contributed by atoms with Crippen LogP contribution in [0.3, 0.4) is 0 Å². The van der Waals surface area contributed by atoms with Gasteiger partial charge in [-0.3, -0.25) is 0 Å². The minimum atomic E-state index is -0.0326. The highest BCUT2D eigenvalue weighted by Gasteiger charge is 2.38. The predicted octanol–water partition coefficient (Wildman–Crippen LogP) is 2.06. The zero-order valence-electron chi connectivity index (χ0n) is 12.8. The van der Waals surface area contributed by atoms with E-state index in [9.17, 15) is 4.79 Å². The Morgan fingerprint density at radius 1 is 1.19 bits per heavy atom. The number of rotatable bonds is 7. The van der Waals surface area contributed by atoms with E-state index in [1.807, 2.05) is 0 Å². The zero-order valence-corrected chi connectivity index (χ0v) is 12.8. The molecular formula is C16H28N2O3. The first-order valence-electron chi connectivity index (χ1n) is 8.56. The van der Waals surface area contributed by atoms with Gasteiger partial charge in [0.05, 0.1) is 6.10 Å². The van der Waals surface area contributed by atoms with Gasteiger partial charge in [-0.1, -0.05) is 0 Å². The van der Waals surface area contributed by atoms with Crippen LogP contribution >= 0.6 is 0 Å². The van der Waals surface area contributed by atoms with Gasteiger partial charge in [-0.15, -0.1) is 0 Å². The highest BCUT2D eigenvalue weighted by Crippen LogP contribution is 2.34. The zero-order chi connectivity index (χ0) is 14.5. The maximum Gasteiger partial charge on any atom is 0.315 e. The number of carbonyl (C=O) groups is 1. The minimum absolute atomic E-state index is 0.0326. The van der Waals surface area contributed by atoms with Gasteiger partial charge < -0.3 is 20.1 Å². The van der Waals surface area contributed by atoms with Gasteiger partial charge in [-0.25, -0.2) is 4.79 Å². The Hall–Kier alpha value is -0.810. The van der Waals surface area contributed by atoms with Crippen LogP contribution in [0, 0.1) is 11.8 Å². The quantitative estimate of drug-likeness (QED) is 0.707. The third-order valence-electron chi connectivity index (χ3n) is 4.90. The minimum Gasteiger partial charge on any atom is -0.381 e.